The molecular weight excluding hydrogens is 192 g/mol. The van der Waals surface area contributed by atoms with Crippen LogP contribution >= 0.6 is 0 Å². The van der Waals surface area contributed by atoms with E-state index in [0.717, 1.165) is 29.9 Å². The average Bonchev–Trinajstić information content (AvgIpc) is 2.72. The molecular formula is C11H16N2O2. The second kappa shape index (κ2) is 4.51. The highest BCUT2D eigenvalue weighted by Gasteiger charge is 2.15. The smallest absolute Gasteiger partial charge is 0.231 e. The Morgan fingerprint density at radius 1 is 1.27 bits per heavy atom. The first-order valence-corrected chi connectivity index (χ1v) is 5.16. The zero-order chi connectivity index (χ0) is 10.7. The third-order valence-electron chi connectivity index (χ3n) is 2.54. The number of hydrogen-bond acceptors (Lipinski definition) is 4. The van der Waals surface area contributed by atoms with Gasteiger partial charge in [-0.1, -0.05) is 6.07 Å². The van der Waals surface area contributed by atoms with Gasteiger partial charge in [-0.3, -0.25) is 0 Å². The molecule has 0 fully saturated rings. The van der Waals surface area contributed by atoms with E-state index in [1.54, 1.807) is 0 Å². The first kappa shape index (κ1) is 10.3. The highest BCUT2D eigenvalue weighted by Crippen LogP contribution is 2.34. The van der Waals surface area contributed by atoms with Crippen LogP contribution in [0.5, 0.6) is 11.5 Å². The van der Waals surface area contributed by atoms with Crippen LogP contribution in [0.1, 0.15) is 24.4 Å². The Balaban J connectivity index is 2.08. The summed E-state index contributed by atoms with van der Waals surface area (Å²) in [5.41, 5.74) is 12.5. The molecule has 0 aliphatic carbocycles. The summed E-state index contributed by atoms with van der Waals surface area (Å²) in [6.45, 7) is 0.981. The van der Waals surface area contributed by atoms with Crippen LogP contribution in [0.25, 0.3) is 0 Å². The minimum Gasteiger partial charge on any atom is -0.454 e. The van der Waals surface area contributed by atoms with Gasteiger partial charge in [-0.25, -0.2) is 0 Å². The maximum absolute atomic E-state index is 6.02. The number of rotatable bonds is 4. The van der Waals surface area contributed by atoms with Crippen molar-refractivity contribution in [2.45, 2.75) is 18.9 Å². The molecule has 0 spiro atoms. The summed E-state index contributed by atoms with van der Waals surface area (Å²) in [4.78, 5) is 0. The molecule has 4 heteroatoms. The number of ether oxygens (including phenoxy) is 2. The minimum atomic E-state index is 0.0306. The maximum Gasteiger partial charge on any atom is 0.231 e. The predicted octanol–water partition coefficient (Wildman–Crippen LogP) is 1.15. The third-order valence-corrected chi connectivity index (χ3v) is 2.54. The number of nitrogens with two attached hydrogens (primary N) is 2. The minimum absolute atomic E-state index is 0.0306. The number of benzene rings is 1. The molecule has 0 saturated carbocycles. The van der Waals surface area contributed by atoms with Crippen molar-refractivity contribution in [1.29, 1.82) is 0 Å². The van der Waals surface area contributed by atoms with E-state index in [1.165, 1.54) is 0 Å². The quantitative estimate of drug-likeness (QED) is 0.778. The molecule has 4 N–H and O–H groups in total. The van der Waals surface area contributed by atoms with Gasteiger partial charge in [0.05, 0.1) is 0 Å². The number of fused-ring (bicyclic) bond motifs is 1. The predicted molar refractivity (Wildman–Crippen MR) is 57.8 cm³/mol. The molecule has 0 unspecified atom stereocenters. The largest absolute Gasteiger partial charge is 0.454 e. The van der Waals surface area contributed by atoms with E-state index in [4.69, 9.17) is 20.9 Å². The fourth-order valence-electron chi connectivity index (χ4n) is 1.65. The van der Waals surface area contributed by atoms with Crippen molar-refractivity contribution in [2.75, 3.05) is 13.3 Å². The Morgan fingerprint density at radius 2 is 2.07 bits per heavy atom. The molecule has 82 valence electrons. The van der Waals surface area contributed by atoms with Crippen molar-refractivity contribution in [1.82, 2.24) is 0 Å². The lowest BCUT2D eigenvalue weighted by atomic mass is 10.0. The van der Waals surface area contributed by atoms with Gasteiger partial charge < -0.3 is 20.9 Å². The Bertz CT molecular complexity index is 341. The van der Waals surface area contributed by atoms with Gasteiger partial charge in [-0.15, -0.1) is 0 Å². The first-order valence-electron chi connectivity index (χ1n) is 5.16. The van der Waals surface area contributed by atoms with Gasteiger partial charge in [0.2, 0.25) is 6.79 Å². The highest BCUT2D eigenvalue weighted by atomic mass is 16.7. The monoisotopic (exact) mass is 208 g/mol. The molecule has 4 nitrogen and oxygen atoms in total. The summed E-state index contributed by atoms with van der Waals surface area (Å²) in [6.07, 6.45) is 1.84. The molecule has 2 rings (SSSR count). The topological polar surface area (TPSA) is 70.5 Å². The second-order valence-corrected chi connectivity index (χ2v) is 3.65. The first-order chi connectivity index (χ1) is 7.31. The lowest BCUT2D eigenvalue weighted by Gasteiger charge is -2.11. The van der Waals surface area contributed by atoms with E-state index in [1.807, 2.05) is 18.2 Å². The fraction of sp³-hybridized carbons (Fsp3) is 0.455. The highest BCUT2D eigenvalue weighted by molar-refractivity contribution is 5.45. The molecule has 1 aromatic rings. The van der Waals surface area contributed by atoms with Crippen molar-refractivity contribution in [2.24, 2.45) is 11.5 Å². The van der Waals surface area contributed by atoms with Crippen LogP contribution in [0.15, 0.2) is 18.2 Å². The lowest BCUT2D eigenvalue weighted by molar-refractivity contribution is 0.174. The van der Waals surface area contributed by atoms with Crippen molar-refractivity contribution in [3.05, 3.63) is 23.8 Å². The third kappa shape index (κ3) is 2.22. The number of hydrogen-bond donors (Lipinski definition) is 2. The normalized spacial score (nSPS) is 15.3. The average molecular weight is 208 g/mol. The lowest BCUT2D eigenvalue weighted by Crippen LogP contribution is -2.12. The molecule has 1 aliphatic rings. The van der Waals surface area contributed by atoms with Crippen LogP contribution < -0.4 is 20.9 Å². The van der Waals surface area contributed by atoms with Crippen molar-refractivity contribution < 1.29 is 9.47 Å². The summed E-state index contributed by atoms with van der Waals surface area (Å²) in [6, 6.07) is 5.86. The van der Waals surface area contributed by atoms with Crippen LogP contribution in [0.3, 0.4) is 0 Å². The van der Waals surface area contributed by atoms with Crippen molar-refractivity contribution >= 4 is 0 Å². The van der Waals surface area contributed by atoms with Gasteiger partial charge in [-0.05, 0) is 37.1 Å². The van der Waals surface area contributed by atoms with Gasteiger partial charge >= 0.3 is 0 Å². The van der Waals surface area contributed by atoms with Crippen LogP contribution in [0.2, 0.25) is 0 Å². The molecule has 0 amide bonds. The van der Waals surface area contributed by atoms with Crippen LogP contribution in [0, 0.1) is 0 Å². The molecule has 0 saturated heterocycles. The van der Waals surface area contributed by atoms with Crippen LogP contribution in [0.4, 0.5) is 0 Å². The van der Waals surface area contributed by atoms with E-state index in [9.17, 15) is 0 Å². The Kier molecular flexibility index (Phi) is 3.08. The molecule has 1 aliphatic heterocycles. The van der Waals surface area contributed by atoms with Gasteiger partial charge in [-0.2, -0.15) is 0 Å². The van der Waals surface area contributed by atoms with Crippen molar-refractivity contribution in [3.63, 3.8) is 0 Å². The second-order valence-electron chi connectivity index (χ2n) is 3.65. The SMILES string of the molecule is NCCC[C@@H](N)c1ccc2c(c1)OCO2. The molecule has 0 aromatic heterocycles. The zero-order valence-electron chi connectivity index (χ0n) is 8.61. The van der Waals surface area contributed by atoms with E-state index < -0.39 is 0 Å². The fourth-order valence-corrected chi connectivity index (χ4v) is 1.65. The van der Waals surface area contributed by atoms with Crippen LogP contribution in [-0.4, -0.2) is 13.3 Å². The van der Waals surface area contributed by atoms with E-state index in [-0.39, 0.29) is 6.04 Å². The van der Waals surface area contributed by atoms with Crippen LogP contribution in [-0.2, 0) is 0 Å². The Morgan fingerprint density at radius 3 is 2.87 bits per heavy atom. The van der Waals surface area contributed by atoms with E-state index >= 15 is 0 Å². The summed E-state index contributed by atoms with van der Waals surface area (Å²) in [5.74, 6) is 1.58. The molecule has 15 heavy (non-hydrogen) atoms. The zero-order valence-corrected chi connectivity index (χ0v) is 8.61. The Hall–Kier alpha value is -1.26. The van der Waals surface area contributed by atoms with Gasteiger partial charge in [0.1, 0.15) is 0 Å². The van der Waals surface area contributed by atoms with Gasteiger partial charge in [0.15, 0.2) is 11.5 Å². The van der Waals surface area contributed by atoms with E-state index in [2.05, 4.69) is 0 Å². The summed E-state index contributed by atoms with van der Waals surface area (Å²) in [5, 5.41) is 0. The Labute approximate surface area is 89.2 Å². The molecule has 1 aromatic carbocycles. The van der Waals surface area contributed by atoms with Gasteiger partial charge in [0, 0.05) is 6.04 Å². The molecule has 1 heterocycles. The molecule has 0 bridgehead atoms. The summed E-state index contributed by atoms with van der Waals surface area (Å²) < 4.78 is 10.5. The maximum atomic E-state index is 6.02. The van der Waals surface area contributed by atoms with Gasteiger partial charge in [0.25, 0.3) is 0 Å². The molecule has 1 atom stereocenters. The molecule has 0 radical (unpaired) electrons. The van der Waals surface area contributed by atoms with Crippen molar-refractivity contribution in [3.8, 4) is 11.5 Å². The summed E-state index contributed by atoms with van der Waals surface area (Å²) >= 11 is 0. The summed E-state index contributed by atoms with van der Waals surface area (Å²) in [7, 11) is 0. The standard InChI is InChI=1S/C11H16N2O2/c12-5-1-2-9(13)8-3-4-10-11(6-8)15-7-14-10/h3-4,6,9H,1-2,5,7,12-13H2/t9-/m1/s1. The van der Waals surface area contributed by atoms with E-state index in [0.29, 0.717) is 13.3 Å².